The highest BCUT2D eigenvalue weighted by molar-refractivity contribution is 5.97. The molecule has 0 fully saturated rings. The lowest BCUT2D eigenvalue weighted by molar-refractivity contribution is -0.145. The molecule has 324 valence electrons. The summed E-state index contributed by atoms with van der Waals surface area (Å²) in [6.45, 7) is 9.56. The van der Waals surface area contributed by atoms with Gasteiger partial charge < -0.3 is 36.6 Å². The largest absolute Gasteiger partial charge is 0.467 e. The third-order valence-corrected chi connectivity index (χ3v) is 9.89. The first kappa shape index (κ1) is 47.2. The smallest absolute Gasteiger partial charge is 0.328 e. The van der Waals surface area contributed by atoms with E-state index in [2.05, 4.69) is 31.9 Å². The second-order valence-corrected chi connectivity index (χ2v) is 16.1. The molecule has 0 saturated heterocycles. The van der Waals surface area contributed by atoms with Crippen LogP contribution in [0.25, 0.3) is 0 Å². The first-order valence-electron chi connectivity index (χ1n) is 20.8. The third kappa shape index (κ3) is 16.2. The average molecular weight is 833 g/mol. The Morgan fingerprint density at radius 3 is 1.20 bits per heavy atom. The molecule has 4 aromatic rings. The van der Waals surface area contributed by atoms with Crippen LogP contribution in [0, 0.1) is 18.8 Å². The van der Waals surface area contributed by atoms with Gasteiger partial charge in [0, 0.05) is 24.9 Å². The maximum atomic E-state index is 14.3. The Balaban J connectivity index is 1.56. The molecule has 6 amide bonds. The molecule has 0 aliphatic rings. The molecule has 4 rings (SSSR count). The van der Waals surface area contributed by atoms with E-state index in [1.807, 2.05) is 138 Å². The van der Waals surface area contributed by atoms with Gasteiger partial charge in [0.05, 0.1) is 7.11 Å². The maximum absolute atomic E-state index is 14.3. The van der Waals surface area contributed by atoms with Gasteiger partial charge in [0.15, 0.2) is 0 Å². The van der Waals surface area contributed by atoms with Crippen LogP contribution in [0.5, 0.6) is 0 Å². The van der Waals surface area contributed by atoms with Crippen molar-refractivity contribution >= 4 is 41.3 Å². The Bertz CT molecular complexity index is 2030. The molecule has 0 radical (unpaired) electrons. The SMILES string of the molecule is COC(=O)[C@H](Cc1ccccc1)NC(=O)[C@H](CC(C)C)NC(=O)[C@H](Cc1ccccc1)NC(=O)[C@H](CC(C)C)NC(=O)[C@H](Cc1ccccc1)NC(=O)Nc1ccc(C)cc1. The number of aryl methyl sites for hydroxylation is 1. The van der Waals surface area contributed by atoms with Crippen LogP contribution in [0.2, 0.25) is 0 Å². The van der Waals surface area contributed by atoms with E-state index in [4.69, 9.17) is 4.74 Å². The molecule has 0 unspecified atom stereocenters. The minimum Gasteiger partial charge on any atom is -0.467 e. The Morgan fingerprint density at radius 2 is 0.803 bits per heavy atom. The van der Waals surface area contributed by atoms with Crippen LogP contribution in [0.3, 0.4) is 0 Å². The molecular weight excluding hydrogens is 773 g/mol. The van der Waals surface area contributed by atoms with Crippen LogP contribution >= 0.6 is 0 Å². The van der Waals surface area contributed by atoms with Gasteiger partial charge in [-0.05, 0) is 60.4 Å². The lowest BCUT2D eigenvalue weighted by atomic mass is 9.98. The van der Waals surface area contributed by atoms with Crippen LogP contribution in [0.1, 0.15) is 62.8 Å². The highest BCUT2D eigenvalue weighted by Crippen LogP contribution is 2.14. The Labute approximate surface area is 359 Å². The Kier molecular flexibility index (Phi) is 18.5. The molecule has 0 spiro atoms. The summed E-state index contributed by atoms with van der Waals surface area (Å²) < 4.78 is 5.00. The molecule has 13 heteroatoms. The number of carbonyl (C=O) groups is 6. The van der Waals surface area contributed by atoms with Gasteiger partial charge in [-0.15, -0.1) is 0 Å². The van der Waals surface area contributed by atoms with E-state index in [-0.39, 0.29) is 43.9 Å². The lowest BCUT2D eigenvalue weighted by Crippen LogP contribution is -2.60. The van der Waals surface area contributed by atoms with E-state index in [0.717, 1.165) is 22.3 Å². The summed E-state index contributed by atoms with van der Waals surface area (Å²) in [6.07, 6.45) is 0.857. The van der Waals surface area contributed by atoms with Crippen LogP contribution < -0.4 is 31.9 Å². The van der Waals surface area contributed by atoms with Gasteiger partial charge in [0.2, 0.25) is 23.6 Å². The molecule has 61 heavy (non-hydrogen) atoms. The molecular formula is C48H60N6O7. The van der Waals surface area contributed by atoms with Crippen molar-refractivity contribution in [1.82, 2.24) is 26.6 Å². The maximum Gasteiger partial charge on any atom is 0.328 e. The average Bonchev–Trinajstić information content (AvgIpc) is 3.23. The normalized spacial score (nSPS) is 13.4. The molecule has 0 saturated carbocycles. The summed E-state index contributed by atoms with van der Waals surface area (Å²) in [5.41, 5.74) is 3.92. The zero-order chi connectivity index (χ0) is 44.3. The number of amides is 6. The number of benzene rings is 4. The van der Waals surface area contributed by atoms with Gasteiger partial charge in [0.25, 0.3) is 0 Å². The lowest BCUT2D eigenvalue weighted by Gasteiger charge is -2.28. The van der Waals surface area contributed by atoms with Crippen molar-refractivity contribution in [2.75, 3.05) is 12.4 Å². The number of rotatable bonds is 21. The second kappa shape index (κ2) is 23.9. The van der Waals surface area contributed by atoms with E-state index < -0.39 is 65.8 Å². The molecule has 0 aromatic heterocycles. The van der Waals surface area contributed by atoms with Crippen molar-refractivity contribution in [2.24, 2.45) is 11.8 Å². The number of hydrogen-bond acceptors (Lipinski definition) is 7. The predicted molar refractivity (Wildman–Crippen MR) is 236 cm³/mol. The van der Waals surface area contributed by atoms with Crippen molar-refractivity contribution in [3.05, 3.63) is 138 Å². The third-order valence-electron chi connectivity index (χ3n) is 9.89. The number of esters is 1. The first-order valence-corrected chi connectivity index (χ1v) is 20.8. The number of carbonyl (C=O) groups excluding carboxylic acids is 6. The van der Waals surface area contributed by atoms with Crippen LogP contribution in [-0.2, 0) is 48.0 Å². The molecule has 5 atom stereocenters. The van der Waals surface area contributed by atoms with Gasteiger partial charge in [-0.3, -0.25) is 19.2 Å². The summed E-state index contributed by atoms with van der Waals surface area (Å²) >= 11 is 0. The summed E-state index contributed by atoms with van der Waals surface area (Å²) in [6, 6.07) is 28.8. The number of methoxy groups -OCH3 is 1. The highest BCUT2D eigenvalue weighted by atomic mass is 16.5. The van der Waals surface area contributed by atoms with E-state index in [9.17, 15) is 28.8 Å². The number of hydrogen-bond donors (Lipinski definition) is 6. The van der Waals surface area contributed by atoms with Crippen molar-refractivity contribution in [2.45, 2.75) is 96.9 Å². The van der Waals surface area contributed by atoms with Crippen molar-refractivity contribution in [3.8, 4) is 0 Å². The summed E-state index contributed by atoms with van der Waals surface area (Å²) in [5.74, 6) is -3.12. The summed E-state index contributed by atoms with van der Waals surface area (Å²) in [7, 11) is 1.25. The zero-order valence-electron chi connectivity index (χ0n) is 35.9. The number of anilines is 1. The van der Waals surface area contributed by atoms with Crippen molar-refractivity contribution in [3.63, 3.8) is 0 Å². The predicted octanol–water partition coefficient (Wildman–Crippen LogP) is 5.42. The van der Waals surface area contributed by atoms with Gasteiger partial charge in [0.1, 0.15) is 30.2 Å². The minimum atomic E-state index is -1.16. The summed E-state index contributed by atoms with van der Waals surface area (Å²) in [5, 5.41) is 16.9. The quantitative estimate of drug-likeness (QED) is 0.0606. The van der Waals surface area contributed by atoms with Crippen LogP contribution in [-0.4, -0.2) is 72.9 Å². The fourth-order valence-corrected chi connectivity index (χ4v) is 6.76. The highest BCUT2D eigenvalue weighted by Gasteiger charge is 2.33. The van der Waals surface area contributed by atoms with E-state index >= 15 is 0 Å². The molecule has 0 aliphatic heterocycles. The first-order chi connectivity index (χ1) is 29.2. The number of urea groups is 1. The number of ether oxygens (including phenoxy) is 1. The fourth-order valence-electron chi connectivity index (χ4n) is 6.76. The molecule has 0 aliphatic carbocycles. The Morgan fingerprint density at radius 1 is 0.459 bits per heavy atom. The monoisotopic (exact) mass is 832 g/mol. The zero-order valence-corrected chi connectivity index (χ0v) is 35.9. The van der Waals surface area contributed by atoms with Gasteiger partial charge in [-0.2, -0.15) is 0 Å². The van der Waals surface area contributed by atoms with Gasteiger partial charge in [-0.1, -0.05) is 136 Å². The van der Waals surface area contributed by atoms with E-state index in [1.54, 1.807) is 12.1 Å². The Hall–Kier alpha value is -6.50. The molecule has 0 heterocycles. The van der Waals surface area contributed by atoms with E-state index in [1.165, 1.54) is 7.11 Å². The molecule has 6 N–H and O–H groups in total. The van der Waals surface area contributed by atoms with Crippen LogP contribution in [0.15, 0.2) is 115 Å². The topological polar surface area (TPSA) is 184 Å². The van der Waals surface area contributed by atoms with Gasteiger partial charge in [-0.25, -0.2) is 9.59 Å². The fraction of sp³-hybridized carbons (Fsp3) is 0.375. The molecule has 0 bridgehead atoms. The van der Waals surface area contributed by atoms with Crippen molar-refractivity contribution < 1.29 is 33.5 Å². The second-order valence-electron chi connectivity index (χ2n) is 16.1. The minimum absolute atomic E-state index is 0.0361. The van der Waals surface area contributed by atoms with Gasteiger partial charge >= 0.3 is 12.0 Å². The van der Waals surface area contributed by atoms with Crippen LogP contribution in [0.4, 0.5) is 10.5 Å². The molecule has 13 nitrogen and oxygen atoms in total. The molecule has 4 aromatic carbocycles. The summed E-state index contributed by atoms with van der Waals surface area (Å²) in [4.78, 5) is 82.5. The van der Waals surface area contributed by atoms with Crippen molar-refractivity contribution in [1.29, 1.82) is 0 Å². The number of nitrogens with one attached hydrogen (secondary N) is 6. The standard InChI is InChI=1S/C48H60N6O7/c1-31(2)26-38(51-46(58)41(29-35-18-12-8-13-19-35)54-48(60)49-37-24-22-33(5)23-25-37)43(55)52-40(28-34-16-10-7-11-17-34)45(57)50-39(27-32(3)4)44(56)53-42(47(59)61-6)30-36-20-14-9-15-21-36/h7-25,31-32,38-42H,26-30H2,1-6H3,(H,50,57)(H,51,58)(H,52,55)(H,53,56)(H2,49,54,60)/t38-,39-,40-,41-,42-/m0/s1. The van der Waals surface area contributed by atoms with E-state index in [0.29, 0.717) is 5.69 Å².